The number of halogens is 2. The maximum atomic E-state index is 12.2. The molecular formula is C18H28F2N4O. The third-order valence-electron chi connectivity index (χ3n) is 4.13. The van der Waals surface area contributed by atoms with Crippen LogP contribution >= 0.6 is 0 Å². The first-order chi connectivity index (χ1) is 12.2. The number of rotatable bonds is 8. The molecule has 0 bridgehead atoms. The van der Waals surface area contributed by atoms with Gasteiger partial charge in [0, 0.05) is 26.7 Å². The minimum atomic E-state index is -2.47. The zero-order valence-corrected chi connectivity index (χ0v) is 14.8. The van der Waals surface area contributed by atoms with Gasteiger partial charge < -0.3 is 20.3 Å². The molecule has 0 aromatic heterocycles. The highest BCUT2D eigenvalue weighted by atomic mass is 19.3. The SMILES string of the molecule is CN=C(NCCN1CCCCC1)NCc1cccc(OCC(F)F)c1. The Kier molecular flexibility index (Phi) is 8.45. The van der Waals surface area contributed by atoms with E-state index < -0.39 is 13.0 Å². The smallest absolute Gasteiger partial charge is 0.272 e. The fourth-order valence-corrected chi connectivity index (χ4v) is 2.83. The summed E-state index contributed by atoms with van der Waals surface area (Å²) in [5.41, 5.74) is 0.950. The third kappa shape index (κ3) is 7.69. The number of piperidine rings is 1. The second kappa shape index (κ2) is 10.9. The Bertz CT molecular complexity index is 534. The van der Waals surface area contributed by atoms with E-state index in [2.05, 4.69) is 20.5 Å². The van der Waals surface area contributed by atoms with Gasteiger partial charge >= 0.3 is 0 Å². The van der Waals surface area contributed by atoms with E-state index in [0.29, 0.717) is 12.3 Å². The molecule has 5 nitrogen and oxygen atoms in total. The Morgan fingerprint density at radius 3 is 2.76 bits per heavy atom. The van der Waals surface area contributed by atoms with Gasteiger partial charge in [-0.1, -0.05) is 18.6 Å². The molecule has 1 heterocycles. The summed E-state index contributed by atoms with van der Waals surface area (Å²) in [5, 5.41) is 6.54. The molecule has 1 aromatic carbocycles. The number of benzene rings is 1. The molecular weight excluding hydrogens is 326 g/mol. The number of alkyl halides is 2. The van der Waals surface area contributed by atoms with Gasteiger partial charge in [-0.15, -0.1) is 0 Å². The van der Waals surface area contributed by atoms with E-state index in [1.54, 1.807) is 25.2 Å². The molecule has 1 fully saturated rings. The highest BCUT2D eigenvalue weighted by Gasteiger charge is 2.09. The van der Waals surface area contributed by atoms with Crippen LogP contribution in [0, 0.1) is 0 Å². The van der Waals surface area contributed by atoms with Crippen molar-refractivity contribution in [3.05, 3.63) is 29.8 Å². The Labute approximate surface area is 148 Å². The monoisotopic (exact) mass is 354 g/mol. The van der Waals surface area contributed by atoms with Crippen LogP contribution in [0.4, 0.5) is 8.78 Å². The standard InChI is InChI=1S/C18H28F2N4O/c1-21-18(22-8-11-24-9-3-2-4-10-24)23-13-15-6-5-7-16(12-15)25-14-17(19)20/h5-7,12,17H,2-4,8-11,13-14H2,1H3,(H2,21,22,23). The fraction of sp³-hybridized carbons (Fsp3) is 0.611. The molecule has 1 aromatic rings. The molecule has 0 spiro atoms. The van der Waals surface area contributed by atoms with Crippen molar-refractivity contribution in [1.82, 2.24) is 15.5 Å². The summed E-state index contributed by atoms with van der Waals surface area (Å²) < 4.78 is 29.5. The van der Waals surface area contributed by atoms with Crippen molar-refractivity contribution in [1.29, 1.82) is 0 Å². The second-order valence-corrected chi connectivity index (χ2v) is 6.10. The van der Waals surface area contributed by atoms with Crippen LogP contribution in [0.3, 0.4) is 0 Å². The number of ether oxygens (including phenoxy) is 1. The van der Waals surface area contributed by atoms with Crippen LogP contribution in [0.15, 0.2) is 29.3 Å². The van der Waals surface area contributed by atoms with Gasteiger partial charge in [-0.25, -0.2) is 8.78 Å². The Morgan fingerprint density at radius 1 is 1.24 bits per heavy atom. The predicted octanol–water partition coefficient (Wildman–Crippen LogP) is 2.48. The van der Waals surface area contributed by atoms with E-state index in [4.69, 9.17) is 4.74 Å². The molecule has 1 aliphatic heterocycles. The normalized spacial score (nSPS) is 16.1. The maximum absolute atomic E-state index is 12.2. The quantitative estimate of drug-likeness (QED) is 0.556. The van der Waals surface area contributed by atoms with Gasteiger partial charge in [0.15, 0.2) is 5.96 Å². The number of nitrogens with one attached hydrogen (secondary N) is 2. The number of nitrogens with zero attached hydrogens (tertiary/aromatic N) is 2. The molecule has 0 saturated carbocycles. The topological polar surface area (TPSA) is 48.9 Å². The van der Waals surface area contributed by atoms with Gasteiger partial charge in [-0.3, -0.25) is 4.99 Å². The van der Waals surface area contributed by atoms with Crippen LogP contribution in [0.25, 0.3) is 0 Å². The highest BCUT2D eigenvalue weighted by Crippen LogP contribution is 2.14. The molecule has 1 saturated heterocycles. The summed E-state index contributed by atoms with van der Waals surface area (Å²) in [4.78, 5) is 6.68. The van der Waals surface area contributed by atoms with Crippen molar-refractivity contribution >= 4 is 5.96 Å². The fourth-order valence-electron chi connectivity index (χ4n) is 2.83. The molecule has 1 aliphatic rings. The third-order valence-corrected chi connectivity index (χ3v) is 4.13. The van der Waals surface area contributed by atoms with Gasteiger partial charge in [0.25, 0.3) is 6.43 Å². The molecule has 0 aliphatic carbocycles. The molecule has 140 valence electrons. The van der Waals surface area contributed by atoms with Crippen LogP contribution < -0.4 is 15.4 Å². The van der Waals surface area contributed by atoms with E-state index in [1.165, 1.54) is 32.4 Å². The summed E-state index contributed by atoms with van der Waals surface area (Å²) in [6.45, 7) is 4.18. The number of hydrogen-bond acceptors (Lipinski definition) is 3. The molecule has 0 radical (unpaired) electrons. The van der Waals surface area contributed by atoms with E-state index in [9.17, 15) is 8.78 Å². The lowest BCUT2D eigenvalue weighted by Crippen LogP contribution is -2.42. The molecule has 0 atom stereocenters. The van der Waals surface area contributed by atoms with E-state index in [1.807, 2.05) is 6.07 Å². The van der Waals surface area contributed by atoms with Crippen molar-refractivity contribution in [2.24, 2.45) is 4.99 Å². The summed E-state index contributed by atoms with van der Waals surface area (Å²) >= 11 is 0. The highest BCUT2D eigenvalue weighted by molar-refractivity contribution is 5.79. The van der Waals surface area contributed by atoms with Gasteiger partial charge in [0.05, 0.1) is 0 Å². The average molecular weight is 354 g/mol. The van der Waals surface area contributed by atoms with Crippen LogP contribution in [-0.2, 0) is 6.54 Å². The van der Waals surface area contributed by atoms with Crippen molar-refractivity contribution in [2.75, 3.05) is 39.8 Å². The Hall–Kier alpha value is -1.89. The van der Waals surface area contributed by atoms with E-state index in [-0.39, 0.29) is 0 Å². The van der Waals surface area contributed by atoms with Crippen LogP contribution in [0.5, 0.6) is 5.75 Å². The van der Waals surface area contributed by atoms with Crippen molar-refractivity contribution in [3.8, 4) is 5.75 Å². The van der Waals surface area contributed by atoms with Gasteiger partial charge in [0.2, 0.25) is 0 Å². The molecule has 7 heteroatoms. The summed E-state index contributed by atoms with van der Waals surface area (Å²) in [7, 11) is 1.73. The largest absolute Gasteiger partial charge is 0.488 e. The van der Waals surface area contributed by atoms with Gasteiger partial charge in [-0.2, -0.15) is 0 Å². The number of hydrogen-bond donors (Lipinski definition) is 2. The van der Waals surface area contributed by atoms with Crippen molar-refractivity contribution < 1.29 is 13.5 Å². The van der Waals surface area contributed by atoms with E-state index in [0.717, 1.165) is 24.6 Å². The van der Waals surface area contributed by atoms with Crippen LogP contribution in [-0.4, -0.2) is 57.1 Å². The number of guanidine groups is 1. The molecule has 0 amide bonds. The summed E-state index contributed by atoms with van der Waals surface area (Å²) in [6, 6.07) is 7.15. The molecule has 25 heavy (non-hydrogen) atoms. The van der Waals surface area contributed by atoms with Gasteiger partial charge in [-0.05, 0) is 43.6 Å². The van der Waals surface area contributed by atoms with Crippen LogP contribution in [0.1, 0.15) is 24.8 Å². The first-order valence-electron chi connectivity index (χ1n) is 8.84. The first kappa shape index (κ1) is 19.4. The summed E-state index contributed by atoms with van der Waals surface area (Å²) in [6.07, 6.45) is 1.45. The van der Waals surface area contributed by atoms with Gasteiger partial charge in [0.1, 0.15) is 12.4 Å². The van der Waals surface area contributed by atoms with Crippen LogP contribution in [0.2, 0.25) is 0 Å². The minimum Gasteiger partial charge on any atom is -0.488 e. The Balaban J connectivity index is 1.71. The van der Waals surface area contributed by atoms with Crippen molar-refractivity contribution in [2.45, 2.75) is 32.2 Å². The minimum absolute atomic E-state index is 0.452. The second-order valence-electron chi connectivity index (χ2n) is 6.10. The number of aliphatic imine (C=N–C) groups is 1. The zero-order valence-electron chi connectivity index (χ0n) is 14.8. The molecule has 2 N–H and O–H groups in total. The average Bonchev–Trinajstić information content (AvgIpc) is 2.64. The van der Waals surface area contributed by atoms with Crippen molar-refractivity contribution in [3.63, 3.8) is 0 Å². The predicted molar refractivity (Wildman–Crippen MR) is 96.4 cm³/mol. The summed E-state index contributed by atoms with van der Waals surface area (Å²) in [5.74, 6) is 1.18. The number of likely N-dealkylation sites (tertiary alicyclic amines) is 1. The first-order valence-corrected chi connectivity index (χ1v) is 8.84. The lowest BCUT2D eigenvalue weighted by atomic mass is 10.1. The zero-order chi connectivity index (χ0) is 17.9. The molecule has 2 rings (SSSR count). The maximum Gasteiger partial charge on any atom is 0.272 e. The lowest BCUT2D eigenvalue weighted by molar-refractivity contribution is 0.0818. The molecule has 0 unspecified atom stereocenters. The lowest BCUT2D eigenvalue weighted by Gasteiger charge is -2.26. The van der Waals surface area contributed by atoms with E-state index >= 15 is 0 Å². The Morgan fingerprint density at radius 2 is 2.04 bits per heavy atom.